The van der Waals surface area contributed by atoms with E-state index in [0.29, 0.717) is 45.5 Å². The molecule has 9 heteroatoms. The van der Waals surface area contributed by atoms with Gasteiger partial charge in [-0.05, 0) is 42.3 Å². The van der Waals surface area contributed by atoms with Crippen LogP contribution in [-0.4, -0.2) is 46.8 Å². The van der Waals surface area contributed by atoms with Crippen LogP contribution in [-0.2, 0) is 13.0 Å². The van der Waals surface area contributed by atoms with Crippen molar-refractivity contribution >= 4 is 28.2 Å². The summed E-state index contributed by atoms with van der Waals surface area (Å²) in [6, 6.07) is 6.14. The van der Waals surface area contributed by atoms with Crippen LogP contribution in [0.15, 0.2) is 24.3 Å². The lowest BCUT2D eigenvalue weighted by molar-refractivity contribution is -0.417. The predicted molar refractivity (Wildman–Crippen MR) is 133 cm³/mol. The van der Waals surface area contributed by atoms with Gasteiger partial charge < -0.3 is 24.7 Å². The van der Waals surface area contributed by atoms with E-state index in [1.165, 1.54) is 24.0 Å². The maximum Gasteiger partial charge on any atom is 0.318 e. The van der Waals surface area contributed by atoms with Gasteiger partial charge in [-0.15, -0.1) is 0 Å². The molecule has 190 valence electrons. The van der Waals surface area contributed by atoms with Gasteiger partial charge in [0.05, 0.1) is 24.5 Å². The Hall–Kier alpha value is -3.46. The molecule has 0 saturated carbocycles. The molecule has 3 aromatic rings. The zero-order valence-electron chi connectivity index (χ0n) is 20.6. The number of carbonyl (C=O) groups excluding carboxylic acids is 1. The third-order valence-corrected chi connectivity index (χ3v) is 6.84. The fourth-order valence-electron chi connectivity index (χ4n) is 5.16. The van der Waals surface area contributed by atoms with Gasteiger partial charge in [0.25, 0.3) is 5.91 Å². The molecule has 2 aromatic carbocycles. The van der Waals surface area contributed by atoms with E-state index < -0.39 is 6.10 Å². The molecule has 1 aromatic heterocycles. The van der Waals surface area contributed by atoms with Gasteiger partial charge in [-0.2, -0.15) is 9.97 Å². The average molecular weight is 494 g/mol. The van der Waals surface area contributed by atoms with E-state index in [0.717, 1.165) is 38.8 Å². The van der Waals surface area contributed by atoms with Crippen molar-refractivity contribution in [1.29, 1.82) is 0 Å². The van der Waals surface area contributed by atoms with Crippen molar-refractivity contribution in [2.45, 2.75) is 58.6 Å². The molecule has 2 aliphatic heterocycles. The van der Waals surface area contributed by atoms with Gasteiger partial charge in [0.1, 0.15) is 22.9 Å². The lowest BCUT2D eigenvalue weighted by Crippen LogP contribution is -2.30. The van der Waals surface area contributed by atoms with Crippen LogP contribution in [0.25, 0.3) is 10.8 Å². The fourth-order valence-corrected chi connectivity index (χ4v) is 5.16. The second-order valence-corrected chi connectivity index (χ2v) is 9.51. The molecule has 0 radical (unpaired) electrons. The first-order valence-electron chi connectivity index (χ1n) is 12.6. The molecule has 5 rings (SSSR count). The van der Waals surface area contributed by atoms with Crippen molar-refractivity contribution in [2.24, 2.45) is 0 Å². The predicted octanol–water partition coefficient (Wildman–Crippen LogP) is 3.71. The van der Waals surface area contributed by atoms with Crippen LogP contribution in [0, 0.1) is 5.82 Å². The van der Waals surface area contributed by atoms with Gasteiger partial charge in [-0.1, -0.05) is 38.9 Å². The molecule has 0 bridgehead atoms. The van der Waals surface area contributed by atoms with Crippen LogP contribution in [0.3, 0.4) is 0 Å². The first-order valence-corrected chi connectivity index (χ1v) is 12.6. The summed E-state index contributed by atoms with van der Waals surface area (Å²) in [5.41, 5.74) is 1.81. The SMILES string of the molecule is CCc1c(F)ccc2cc(O)cc(N3Cc4nc(OCC(C)[O-])nc(N5CCCCCC5)c4C3=O)c12. The van der Waals surface area contributed by atoms with E-state index in [9.17, 15) is 19.4 Å². The molecular formula is C27H30FN4O4-. The molecule has 3 heterocycles. The summed E-state index contributed by atoms with van der Waals surface area (Å²) < 4.78 is 20.4. The highest BCUT2D eigenvalue weighted by Crippen LogP contribution is 2.41. The first kappa shape index (κ1) is 24.2. The monoisotopic (exact) mass is 493 g/mol. The molecular weight excluding hydrogens is 463 g/mol. The van der Waals surface area contributed by atoms with Crippen LogP contribution in [0.1, 0.15) is 61.1 Å². The number of hydrogen-bond acceptors (Lipinski definition) is 7. The first-order chi connectivity index (χ1) is 17.4. The maximum atomic E-state index is 14.8. The van der Waals surface area contributed by atoms with Crippen molar-refractivity contribution in [3.05, 3.63) is 46.9 Å². The highest BCUT2D eigenvalue weighted by Gasteiger charge is 2.37. The van der Waals surface area contributed by atoms with E-state index >= 15 is 0 Å². The number of hydrogen-bond donors (Lipinski definition) is 1. The molecule has 1 N–H and O–H groups in total. The van der Waals surface area contributed by atoms with Crippen molar-refractivity contribution in [3.63, 3.8) is 0 Å². The minimum absolute atomic E-state index is 0.0119. The number of halogens is 1. The number of carbonyl (C=O) groups is 1. The van der Waals surface area contributed by atoms with E-state index in [1.54, 1.807) is 12.1 Å². The summed E-state index contributed by atoms with van der Waals surface area (Å²) in [6.07, 6.45) is 3.69. The molecule has 1 atom stereocenters. The minimum Gasteiger partial charge on any atom is -0.850 e. The van der Waals surface area contributed by atoms with Gasteiger partial charge >= 0.3 is 6.01 Å². The minimum atomic E-state index is -0.942. The molecule has 1 amide bonds. The number of amides is 1. The lowest BCUT2D eigenvalue weighted by Gasteiger charge is -2.24. The number of fused-ring (bicyclic) bond motifs is 2. The largest absolute Gasteiger partial charge is 0.850 e. The third-order valence-electron chi connectivity index (χ3n) is 6.84. The topological polar surface area (TPSA) is 102 Å². The van der Waals surface area contributed by atoms with Crippen molar-refractivity contribution in [3.8, 4) is 11.8 Å². The van der Waals surface area contributed by atoms with Crippen LogP contribution >= 0.6 is 0 Å². The van der Waals surface area contributed by atoms with Crippen molar-refractivity contribution < 1.29 is 24.1 Å². The smallest absolute Gasteiger partial charge is 0.318 e. The van der Waals surface area contributed by atoms with Crippen LogP contribution in [0.2, 0.25) is 0 Å². The molecule has 0 aliphatic carbocycles. The van der Waals surface area contributed by atoms with Gasteiger partial charge in [-0.3, -0.25) is 4.79 Å². The van der Waals surface area contributed by atoms with Gasteiger partial charge in [-0.25, -0.2) is 4.39 Å². The number of phenolic OH excluding ortho intramolecular Hbond substituents is 1. The number of ether oxygens (including phenoxy) is 1. The van der Waals surface area contributed by atoms with Crippen LogP contribution in [0.5, 0.6) is 11.8 Å². The van der Waals surface area contributed by atoms with Gasteiger partial charge in [0.15, 0.2) is 0 Å². The van der Waals surface area contributed by atoms with E-state index in [-0.39, 0.29) is 36.6 Å². The molecule has 1 saturated heterocycles. The number of phenols is 1. The zero-order valence-corrected chi connectivity index (χ0v) is 20.6. The molecule has 2 aliphatic rings. The van der Waals surface area contributed by atoms with Crippen molar-refractivity contribution in [2.75, 3.05) is 29.5 Å². The van der Waals surface area contributed by atoms with Gasteiger partial charge in [0, 0.05) is 24.5 Å². The van der Waals surface area contributed by atoms with Crippen molar-refractivity contribution in [1.82, 2.24) is 9.97 Å². The molecule has 0 spiro atoms. The molecule has 1 fully saturated rings. The summed E-state index contributed by atoms with van der Waals surface area (Å²) in [6.45, 7) is 4.93. The number of anilines is 2. The van der Waals surface area contributed by atoms with E-state index in [1.807, 2.05) is 6.92 Å². The number of aromatic hydroxyl groups is 1. The van der Waals surface area contributed by atoms with Crippen LogP contribution in [0.4, 0.5) is 15.9 Å². The second-order valence-electron chi connectivity index (χ2n) is 9.51. The van der Waals surface area contributed by atoms with Crippen LogP contribution < -0.4 is 19.6 Å². The number of aryl methyl sites for hydroxylation is 1. The Morgan fingerprint density at radius 1 is 1.17 bits per heavy atom. The maximum absolute atomic E-state index is 14.8. The Bertz CT molecular complexity index is 1300. The number of rotatable bonds is 6. The highest BCUT2D eigenvalue weighted by molar-refractivity contribution is 6.16. The normalized spacial score (nSPS) is 16.8. The fraction of sp³-hybridized carbons (Fsp3) is 0.444. The standard InChI is InChI=1S/C27H30FN4O4/c1-3-19-20(28)9-8-17-12-18(34)13-22(23(17)19)32-14-21-24(26(32)35)25(31-10-6-4-5-7-11-31)30-27(29-21)36-15-16(2)33/h8-9,12-13,16,34H,3-7,10-11,14-15H2,1-2H3/q-1. The summed E-state index contributed by atoms with van der Waals surface area (Å²) >= 11 is 0. The lowest BCUT2D eigenvalue weighted by atomic mass is 9.99. The van der Waals surface area contributed by atoms with Gasteiger partial charge in [0.2, 0.25) is 0 Å². The Labute approximate surface area is 209 Å². The number of aromatic nitrogens is 2. The average Bonchev–Trinajstić information content (AvgIpc) is 3.01. The van der Waals surface area contributed by atoms with E-state index in [2.05, 4.69) is 14.9 Å². The second kappa shape index (κ2) is 9.89. The summed E-state index contributed by atoms with van der Waals surface area (Å²) in [4.78, 5) is 26.6. The Kier molecular flexibility index (Phi) is 6.66. The quantitative estimate of drug-likeness (QED) is 0.559. The highest BCUT2D eigenvalue weighted by atomic mass is 19.1. The Morgan fingerprint density at radius 2 is 1.92 bits per heavy atom. The van der Waals surface area contributed by atoms with E-state index in [4.69, 9.17) is 4.74 Å². The summed E-state index contributed by atoms with van der Waals surface area (Å²) in [5.74, 6) is -0.156. The summed E-state index contributed by atoms with van der Waals surface area (Å²) in [7, 11) is 0. The number of benzene rings is 2. The Morgan fingerprint density at radius 3 is 2.61 bits per heavy atom. The molecule has 36 heavy (non-hydrogen) atoms. The Balaban J connectivity index is 1.63. The zero-order chi connectivity index (χ0) is 25.4. The third kappa shape index (κ3) is 4.43. The molecule has 8 nitrogen and oxygen atoms in total. The number of nitrogens with zero attached hydrogens (tertiary/aromatic N) is 4. The summed E-state index contributed by atoms with van der Waals surface area (Å²) in [5, 5.41) is 23.3. The molecule has 1 unspecified atom stereocenters.